The highest BCUT2D eigenvalue weighted by Crippen LogP contribution is 2.19. The van der Waals surface area contributed by atoms with Crippen LogP contribution in [0.4, 0.5) is 4.79 Å². The zero-order valence-electron chi connectivity index (χ0n) is 13.1. The van der Waals surface area contributed by atoms with Crippen LogP contribution in [0.1, 0.15) is 52.4 Å². The third-order valence-corrected chi connectivity index (χ3v) is 3.60. The Morgan fingerprint density at radius 2 is 1.81 bits per heavy atom. The zero-order valence-corrected chi connectivity index (χ0v) is 13.1. The molecule has 1 fully saturated rings. The third kappa shape index (κ3) is 6.14. The quantitative estimate of drug-likeness (QED) is 0.502. The van der Waals surface area contributed by atoms with Gasteiger partial charge in [-0.1, -0.05) is 26.7 Å². The molecule has 6 heteroatoms. The van der Waals surface area contributed by atoms with Crippen molar-refractivity contribution in [1.82, 2.24) is 15.5 Å². The maximum atomic E-state index is 11.7. The smallest absolute Gasteiger partial charge is 0.314 e. The number of carbonyl (C=O) groups excluding carboxylic acids is 3. The van der Waals surface area contributed by atoms with Crippen LogP contribution in [-0.2, 0) is 9.59 Å². The number of carbonyl (C=O) groups is 3. The van der Waals surface area contributed by atoms with E-state index in [1.54, 1.807) is 6.92 Å². The van der Waals surface area contributed by atoms with Crippen molar-refractivity contribution in [3.8, 4) is 0 Å². The Morgan fingerprint density at radius 3 is 2.43 bits per heavy atom. The first-order chi connectivity index (χ1) is 10.1. The van der Waals surface area contributed by atoms with Gasteiger partial charge >= 0.3 is 6.03 Å². The van der Waals surface area contributed by atoms with Gasteiger partial charge in [0.1, 0.15) is 0 Å². The SMILES string of the molecule is CCCNC(=O)NCCCCCCN1C(=O)CC(C)C1=O. The predicted molar refractivity (Wildman–Crippen MR) is 80.7 cm³/mol. The first kappa shape index (κ1) is 17.5. The number of imide groups is 1. The first-order valence-corrected chi connectivity index (χ1v) is 7.92. The summed E-state index contributed by atoms with van der Waals surface area (Å²) in [6.45, 7) is 5.70. The minimum atomic E-state index is -0.150. The van der Waals surface area contributed by atoms with E-state index in [0.29, 0.717) is 26.1 Å². The lowest BCUT2D eigenvalue weighted by molar-refractivity contribution is -0.139. The standard InChI is InChI=1S/C15H27N3O3/c1-3-8-16-15(21)17-9-6-4-5-7-10-18-13(19)11-12(2)14(18)20/h12H,3-11H2,1-2H3,(H2,16,17,21). The second-order valence-electron chi connectivity index (χ2n) is 5.59. The van der Waals surface area contributed by atoms with Crippen molar-refractivity contribution < 1.29 is 14.4 Å². The van der Waals surface area contributed by atoms with Gasteiger partial charge in [0.15, 0.2) is 0 Å². The Kier molecular flexibility index (Phi) is 7.79. The molecule has 0 saturated carbocycles. The number of hydrogen-bond acceptors (Lipinski definition) is 3. The van der Waals surface area contributed by atoms with E-state index in [2.05, 4.69) is 10.6 Å². The largest absolute Gasteiger partial charge is 0.338 e. The Balaban J connectivity index is 1.99. The molecule has 0 bridgehead atoms. The Labute approximate surface area is 126 Å². The van der Waals surface area contributed by atoms with E-state index >= 15 is 0 Å². The molecule has 0 radical (unpaired) electrons. The molecular formula is C15H27N3O3. The molecule has 1 saturated heterocycles. The maximum Gasteiger partial charge on any atom is 0.314 e. The fourth-order valence-electron chi connectivity index (χ4n) is 2.33. The molecule has 1 unspecified atom stereocenters. The molecule has 120 valence electrons. The van der Waals surface area contributed by atoms with Crippen molar-refractivity contribution in [2.24, 2.45) is 5.92 Å². The molecule has 1 heterocycles. The monoisotopic (exact) mass is 297 g/mol. The summed E-state index contributed by atoms with van der Waals surface area (Å²) in [5.74, 6) is -0.223. The number of unbranched alkanes of at least 4 members (excludes halogenated alkanes) is 3. The summed E-state index contributed by atoms with van der Waals surface area (Å²) in [6, 6.07) is -0.112. The number of urea groups is 1. The van der Waals surface area contributed by atoms with Crippen LogP contribution in [0.3, 0.4) is 0 Å². The van der Waals surface area contributed by atoms with Gasteiger partial charge in [0.2, 0.25) is 11.8 Å². The second kappa shape index (κ2) is 9.37. The van der Waals surface area contributed by atoms with Crippen molar-refractivity contribution in [2.45, 2.75) is 52.4 Å². The van der Waals surface area contributed by atoms with Crippen molar-refractivity contribution in [1.29, 1.82) is 0 Å². The summed E-state index contributed by atoms with van der Waals surface area (Å²) in [7, 11) is 0. The first-order valence-electron chi connectivity index (χ1n) is 7.92. The average Bonchev–Trinajstić information content (AvgIpc) is 2.69. The van der Waals surface area contributed by atoms with Crippen LogP contribution in [0, 0.1) is 5.92 Å². The summed E-state index contributed by atoms with van der Waals surface area (Å²) in [4.78, 5) is 35.9. The fraction of sp³-hybridized carbons (Fsp3) is 0.800. The molecule has 0 spiro atoms. The summed E-state index contributed by atoms with van der Waals surface area (Å²) < 4.78 is 0. The van der Waals surface area contributed by atoms with Crippen molar-refractivity contribution in [3.63, 3.8) is 0 Å². The lowest BCUT2D eigenvalue weighted by Gasteiger charge is -2.13. The summed E-state index contributed by atoms with van der Waals surface area (Å²) in [5.41, 5.74) is 0. The van der Waals surface area contributed by atoms with Crippen LogP contribution < -0.4 is 10.6 Å². The van der Waals surface area contributed by atoms with Gasteiger partial charge in [-0.15, -0.1) is 0 Å². The number of rotatable bonds is 9. The van der Waals surface area contributed by atoms with Crippen LogP contribution in [0.25, 0.3) is 0 Å². The zero-order chi connectivity index (χ0) is 15.7. The number of nitrogens with zero attached hydrogens (tertiary/aromatic N) is 1. The summed E-state index contributed by atoms with van der Waals surface area (Å²) in [5, 5.41) is 5.55. The molecule has 1 aliphatic rings. The van der Waals surface area contributed by atoms with Gasteiger partial charge in [-0.3, -0.25) is 14.5 Å². The molecule has 0 aromatic heterocycles. The van der Waals surface area contributed by atoms with E-state index in [9.17, 15) is 14.4 Å². The van der Waals surface area contributed by atoms with Gasteiger partial charge in [-0.2, -0.15) is 0 Å². The molecule has 1 rings (SSSR count). The number of hydrogen-bond donors (Lipinski definition) is 2. The molecule has 1 atom stereocenters. The summed E-state index contributed by atoms with van der Waals surface area (Å²) >= 11 is 0. The van der Waals surface area contributed by atoms with E-state index in [0.717, 1.165) is 32.1 Å². The Morgan fingerprint density at radius 1 is 1.14 bits per heavy atom. The molecule has 21 heavy (non-hydrogen) atoms. The fourth-order valence-corrected chi connectivity index (χ4v) is 2.33. The average molecular weight is 297 g/mol. The normalized spacial score (nSPS) is 18.2. The van der Waals surface area contributed by atoms with E-state index in [-0.39, 0.29) is 23.8 Å². The number of amides is 4. The minimum Gasteiger partial charge on any atom is -0.338 e. The van der Waals surface area contributed by atoms with Crippen LogP contribution in [0.15, 0.2) is 0 Å². The molecule has 2 N–H and O–H groups in total. The minimum absolute atomic E-state index is 0.0331. The van der Waals surface area contributed by atoms with Gasteiger partial charge in [0, 0.05) is 32.0 Å². The van der Waals surface area contributed by atoms with Gasteiger partial charge in [0.05, 0.1) is 0 Å². The predicted octanol–water partition coefficient (Wildman–Crippen LogP) is 1.65. The molecular weight excluding hydrogens is 270 g/mol. The van der Waals surface area contributed by atoms with Crippen molar-refractivity contribution in [2.75, 3.05) is 19.6 Å². The van der Waals surface area contributed by atoms with Crippen molar-refractivity contribution >= 4 is 17.8 Å². The van der Waals surface area contributed by atoms with Crippen LogP contribution in [0.5, 0.6) is 0 Å². The van der Waals surface area contributed by atoms with Crippen LogP contribution in [-0.4, -0.2) is 42.4 Å². The maximum absolute atomic E-state index is 11.7. The van der Waals surface area contributed by atoms with E-state index in [1.807, 2.05) is 6.92 Å². The second-order valence-corrected chi connectivity index (χ2v) is 5.59. The summed E-state index contributed by atoms with van der Waals surface area (Å²) in [6.07, 6.45) is 4.99. The Bertz CT molecular complexity index is 371. The van der Waals surface area contributed by atoms with E-state index in [1.165, 1.54) is 4.90 Å². The van der Waals surface area contributed by atoms with Gasteiger partial charge in [0.25, 0.3) is 0 Å². The highest BCUT2D eigenvalue weighted by Gasteiger charge is 2.34. The molecule has 0 aromatic carbocycles. The van der Waals surface area contributed by atoms with Crippen LogP contribution >= 0.6 is 0 Å². The molecule has 0 aromatic rings. The molecule has 1 aliphatic heterocycles. The van der Waals surface area contributed by atoms with E-state index < -0.39 is 0 Å². The van der Waals surface area contributed by atoms with Gasteiger partial charge in [-0.05, 0) is 19.3 Å². The van der Waals surface area contributed by atoms with Crippen LogP contribution in [0.2, 0.25) is 0 Å². The third-order valence-electron chi connectivity index (χ3n) is 3.60. The highest BCUT2D eigenvalue weighted by molar-refractivity contribution is 6.03. The van der Waals surface area contributed by atoms with Gasteiger partial charge < -0.3 is 10.6 Å². The topological polar surface area (TPSA) is 78.5 Å². The molecule has 4 amide bonds. The van der Waals surface area contributed by atoms with Crippen molar-refractivity contribution in [3.05, 3.63) is 0 Å². The Hall–Kier alpha value is -1.59. The number of nitrogens with one attached hydrogen (secondary N) is 2. The highest BCUT2D eigenvalue weighted by atomic mass is 16.2. The van der Waals surface area contributed by atoms with E-state index in [4.69, 9.17) is 0 Å². The molecule has 6 nitrogen and oxygen atoms in total. The molecule has 0 aliphatic carbocycles. The van der Waals surface area contributed by atoms with Gasteiger partial charge in [-0.25, -0.2) is 4.79 Å². The lowest BCUT2D eigenvalue weighted by atomic mass is 10.1. The lowest BCUT2D eigenvalue weighted by Crippen LogP contribution is -2.36. The number of likely N-dealkylation sites (tertiary alicyclic amines) is 1.